The smallest absolute Gasteiger partial charge is 0.238 e. The maximum Gasteiger partial charge on any atom is 0.238 e. The molecule has 0 unspecified atom stereocenters. The van der Waals surface area contributed by atoms with Crippen molar-refractivity contribution in [2.24, 2.45) is 0 Å². The van der Waals surface area contributed by atoms with E-state index >= 15 is 0 Å². The molecule has 8 heavy (non-hydrogen) atoms. The molecule has 44 valence electrons. The van der Waals surface area contributed by atoms with Crippen LogP contribution < -0.4 is 0 Å². The number of aromatic nitrogens is 2. The van der Waals surface area contributed by atoms with Gasteiger partial charge in [-0.15, -0.1) is 0 Å². The van der Waals surface area contributed by atoms with Gasteiger partial charge in [0.05, 0.1) is 5.33 Å². The van der Waals surface area contributed by atoms with E-state index in [4.69, 9.17) is 0 Å². The molecule has 0 atom stereocenters. The summed E-state index contributed by atoms with van der Waals surface area (Å²) < 4.78 is 5.15. The van der Waals surface area contributed by atoms with Crippen LogP contribution in [0, 0.1) is 0 Å². The third kappa shape index (κ3) is 1.29. The molecule has 0 N–H and O–H groups in total. The molecular weight excluding hydrogens is 240 g/mol. The van der Waals surface area contributed by atoms with Crippen molar-refractivity contribution in [2.75, 3.05) is 0 Å². The number of nitrogens with zero attached hydrogens (tertiary/aromatic N) is 2. The van der Waals surface area contributed by atoms with Crippen molar-refractivity contribution in [3.8, 4) is 0 Å². The van der Waals surface area contributed by atoms with Crippen molar-refractivity contribution in [3.05, 3.63) is 10.6 Å². The van der Waals surface area contributed by atoms with E-state index in [2.05, 4.69) is 46.5 Å². The minimum absolute atomic E-state index is 0.493. The third-order valence-electron chi connectivity index (χ3n) is 0.558. The lowest BCUT2D eigenvalue weighted by Gasteiger charge is -1.73. The molecule has 0 aliphatic heterocycles. The molecule has 0 saturated carbocycles. The van der Waals surface area contributed by atoms with Crippen LogP contribution in [0.15, 0.2) is 9.26 Å². The topological polar surface area (TPSA) is 38.9 Å². The van der Waals surface area contributed by atoms with Gasteiger partial charge in [0.2, 0.25) is 10.6 Å². The van der Waals surface area contributed by atoms with Crippen molar-refractivity contribution >= 4 is 31.9 Å². The number of rotatable bonds is 1. The largest absolute Gasteiger partial charge is 0.338 e. The van der Waals surface area contributed by atoms with E-state index < -0.39 is 0 Å². The Balaban J connectivity index is 2.84. The summed E-state index contributed by atoms with van der Waals surface area (Å²) in [6.07, 6.45) is 0. The van der Waals surface area contributed by atoms with E-state index in [-0.39, 0.29) is 0 Å². The zero-order valence-corrected chi connectivity index (χ0v) is 6.94. The van der Waals surface area contributed by atoms with Gasteiger partial charge in [-0.1, -0.05) is 15.9 Å². The van der Waals surface area contributed by atoms with E-state index in [0.717, 1.165) is 0 Å². The summed E-state index contributed by atoms with van der Waals surface area (Å²) in [5, 5.41) is 4.09. The summed E-state index contributed by atoms with van der Waals surface area (Å²) >= 11 is 6.19. The van der Waals surface area contributed by atoms with Crippen molar-refractivity contribution in [3.63, 3.8) is 0 Å². The van der Waals surface area contributed by atoms with Crippen LogP contribution in [0.2, 0.25) is 0 Å². The van der Waals surface area contributed by atoms with Crippen LogP contribution in [0.4, 0.5) is 0 Å². The lowest BCUT2D eigenvalue weighted by atomic mass is 10.8. The average Bonchev–Trinajstić information content (AvgIpc) is 2.14. The van der Waals surface area contributed by atoms with Gasteiger partial charge in [0, 0.05) is 0 Å². The molecule has 0 amide bonds. The highest BCUT2D eigenvalue weighted by Gasteiger charge is 1.97. The van der Waals surface area contributed by atoms with E-state index in [0.29, 0.717) is 16.0 Å². The number of hydrogen-bond donors (Lipinski definition) is 0. The summed E-state index contributed by atoms with van der Waals surface area (Å²) in [5.41, 5.74) is 0. The monoisotopic (exact) mass is 240 g/mol. The summed E-state index contributed by atoms with van der Waals surface area (Å²) in [6, 6.07) is 0. The average molecular weight is 242 g/mol. The van der Waals surface area contributed by atoms with Crippen LogP contribution in [0.1, 0.15) is 5.89 Å². The van der Waals surface area contributed by atoms with Crippen molar-refractivity contribution in [1.29, 1.82) is 0 Å². The number of halogens is 2. The van der Waals surface area contributed by atoms with Gasteiger partial charge in [-0.25, -0.2) is 0 Å². The maximum absolute atomic E-state index is 4.66. The molecule has 1 heterocycles. The maximum atomic E-state index is 4.66. The number of alkyl halides is 1. The molecule has 1 rings (SSSR count). The van der Waals surface area contributed by atoms with Crippen LogP contribution in [0.5, 0.6) is 0 Å². The molecule has 3 nitrogen and oxygen atoms in total. The van der Waals surface area contributed by atoms with Gasteiger partial charge in [-0.2, -0.15) is 4.98 Å². The Kier molecular flexibility index (Phi) is 2.01. The molecule has 1 aromatic heterocycles. The van der Waals surface area contributed by atoms with Gasteiger partial charge in [-0.05, 0) is 21.1 Å². The van der Waals surface area contributed by atoms with Crippen LogP contribution >= 0.6 is 31.9 Å². The molecule has 0 spiro atoms. The zero-order chi connectivity index (χ0) is 5.98. The summed E-state index contributed by atoms with van der Waals surface area (Å²) in [4.78, 5) is 3.82. The highest BCUT2D eigenvalue weighted by molar-refractivity contribution is 9.10. The van der Waals surface area contributed by atoms with Gasteiger partial charge < -0.3 is 4.52 Å². The van der Waals surface area contributed by atoms with E-state index in [1.807, 2.05) is 0 Å². The molecule has 0 saturated heterocycles. The van der Waals surface area contributed by atoms with Crippen LogP contribution in [-0.4, -0.2) is 10.1 Å². The fourth-order valence-electron chi connectivity index (χ4n) is 0.288. The molecular formula is C3H2Br2N2O. The first-order chi connectivity index (χ1) is 3.83. The molecule has 1 aromatic rings. The Morgan fingerprint density at radius 3 is 2.62 bits per heavy atom. The van der Waals surface area contributed by atoms with Gasteiger partial charge in [0.15, 0.2) is 0 Å². The first-order valence-corrected chi connectivity index (χ1v) is 3.78. The van der Waals surface area contributed by atoms with Crippen molar-refractivity contribution in [1.82, 2.24) is 10.1 Å². The minimum Gasteiger partial charge on any atom is -0.338 e. The fourth-order valence-corrected chi connectivity index (χ4v) is 0.786. The Hall–Kier alpha value is 0.1000. The van der Waals surface area contributed by atoms with Gasteiger partial charge >= 0.3 is 0 Å². The third-order valence-corrected chi connectivity index (χ3v) is 1.36. The molecule has 0 aliphatic rings. The first kappa shape index (κ1) is 6.22. The van der Waals surface area contributed by atoms with Crippen molar-refractivity contribution in [2.45, 2.75) is 5.33 Å². The molecule has 0 radical (unpaired) electrons. The molecule has 0 bridgehead atoms. The summed E-state index contributed by atoms with van der Waals surface area (Å²) in [5.74, 6) is 0.580. The zero-order valence-electron chi connectivity index (χ0n) is 3.77. The van der Waals surface area contributed by atoms with Gasteiger partial charge in [0.25, 0.3) is 0 Å². The van der Waals surface area contributed by atoms with E-state index in [9.17, 15) is 0 Å². The fraction of sp³-hybridized carbons (Fsp3) is 0.333. The van der Waals surface area contributed by atoms with Crippen LogP contribution in [-0.2, 0) is 5.33 Å². The normalized spacial score (nSPS) is 9.75. The first-order valence-electron chi connectivity index (χ1n) is 1.87. The standard InChI is InChI=1S/C3H2Br2N2O/c4-1-2-6-3(5)7-8-2/h1H2. The summed E-state index contributed by atoms with van der Waals surface area (Å²) in [6.45, 7) is 0. The second kappa shape index (κ2) is 2.59. The quantitative estimate of drug-likeness (QED) is 0.703. The highest BCUT2D eigenvalue weighted by atomic mass is 79.9. The lowest BCUT2D eigenvalue weighted by Crippen LogP contribution is -1.71. The second-order valence-electron chi connectivity index (χ2n) is 1.09. The van der Waals surface area contributed by atoms with E-state index in [1.54, 1.807) is 0 Å². The number of hydrogen-bond acceptors (Lipinski definition) is 3. The van der Waals surface area contributed by atoms with Crippen molar-refractivity contribution < 1.29 is 4.52 Å². The predicted octanol–water partition coefficient (Wildman–Crippen LogP) is 1.73. The molecule has 0 aromatic carbocycles. The van der Waals surface area contributed by atoms with E-state index in [1.165, 1.54) is 0 Å². The lowest BCUT2D eigenvalue weighted by molar-refractivity contribution is 0.388. The van der Waals surface area contributed by atoms with Gasteiger partial charge in [0.1, 0.15) is 0 Å². The Morgan fingerprint density at radius 2 is 2.38 bits per heavy atom. The van der Waals surface area contributed by atoms with Crippen LogP contribution in [0.3, 0.4) is 0 Å². The Labute approximate surface area is 62.7 Å². The molecule has 0 fully saturated rings. The Morgan fingerprint density at radius 1 is 1.62 bits per heavy atom. The van der Waals surface area contributed by atoms with Gasteiger partial charge in [-0.3, -0.25) is 0 Å². The highest BCUT2D eigenvalue weighted by Crippen LogP contribution is 2.05. The summed E-state index contributed by atoms with van der Waals surface area (Å²) in [7, 11) is 0. The predicted molar refractivity (Wildman–Crippen MR) is 34.6 cm³/mol. The molecule has 0 aliphatic carbocycles. The second-order valence-corrected chi connectivity index (χ2v) is 2.36. The Bertz CT molecular complexity index is 176. The van der Waals surface area contributed by atoms with Crippen LogP contribution in [0.25, 0.3) is 0 Å². The minimum atomic E-state index is 0.493. The SMILES string of the molecule is BrCc1nc(Br)no1. The molecule has 5 heteroatoms.